The van der Waals surface area contributed by atoms with Gasteiger partial charge < -0.3 is 9.84 Å². The molecule has 0 saturated carbocycles. The first-order valence-corrected chi connectivity index (χ1v) is 13.8. The van der Waals surface area contributed by atoms with Gasteiger partial charge in [-0.15, -0.1) is 0 Å². The minimum atomic E-state index is -3.91. The van der Waals surface area contributed by atoms with E-state index in [4.69, 9.17) is 9.84 Å². The van der Waals surface area contributed by atoms with E-state index in [2.05, 4.69) is 42.2 Å². The normalized spacial score (nSPS) is 14.3. The SMILES string of the molecule is Cc1ccc(-c2ccc3c(c2)c(CN2CCCC2)cn3S(=O)(=O)c2ccc(OCC(=O)O)c(C)c2)cc1. The van der Waals surface area contributed by atoms with Crippen molar-refractivity contribution in [3.05, 3.63) is 83.6 Å². The molecule has 4 aromatic rings. The van der Waals surface area contributed by atoms with Gasteiger partial charge in [0.15, 0.2) is 6.61 Å². The number of aliphatic carboxylic acids is 1. The summed E-state index contributed by atoms with van der Waals surface area (Å²) in [7, 11) is -3.91. The second kappa shape index (κ2) is 10.0. The highest BCUT2D eigenvalue weighted by Gasteiger charge is 2.24. The van der Waals surface area contributed by atoms with Gasteiger partial charge in [0.05, 0.1) is 10.4 Å². The number of hydrogen-bond donors (Lipinski definition) is 1. The van der Waals surface area contributed by atoms with Crippen LogP contribution in [-0.4, -0.2) is 48.1 Å². The molecule has 8 heteroatoms. The molecule has 3 aromatic carbocycles. The van der Waals surface area contributed by atoms with Gasteiger partial charge in [0.2, 0.25) is 0 Å². The summed E-state index contributed by atoms with van der Waals surface area (Å²) >= 11 is 0. The minimum absolute atomic E-state index is 0.125. The van der Waals surface area contributed by atoms with Crippen LogP contribution in [0.1, 0.15) is 29.5 Å². The van der Waals surface area contributed by atoms with Crippen molar-refractivity contribution in [2.75, 3.05) is 19.7 Å². The van der Waals surface area contributed by atoms with Crippen LogP contribution in [0.4, 0.5) is 0 Å². The highest BCUT2D eigenvalue weighted by Crippen LogP contribution is 2.33. The monoisotopic (exact) mass is 518 g/mol. The van der Waals surface area contributed by atoms with Crippen LogP contribution in [0.2, 0.25) is 0 Å². The molecular weight excluding hydrogens is 488 g/mol. The first-order valence-electron chi connectivity index (χ1n) is 12.4. The van der Waals surface area contributed by atoms with E-state index >= 15 is 0 Å². The van der Waals surface area contributed by atoms with Gasteiger partial charge in [-0.1, -0.05) is 35.9 Å². The second-order valence-electron chi connectivity index (χ2n) is 9.65. The summed E-state index contributed by atoms with van der Waals surface area (Å²) in [6, 6.07) is 18.8. The molecule has 5 rings (SSSR count). The fourth-order valence-corrected chi connectivity index (χ4v) is 6.37. The topological polar surface area (TPSA) is 88.8 Å². The summed E-state index contributed by atoms with van der Waals surface area (Å²) in [5.41, 5.74) is 5.48. The average molecular weight is 519 g/mol. The third kappa shape index (κ3) is 5.12. The molecular formula is C29H30N2O5S. The Kier molecular flexibility index (Phi) is 6.79. The lowest BCUT2D eigenvalue weighted by Crippen LogP contribution is -2.18. The molecule has 0 aliphatic carbocycles. The van der Waals surface area contributed by atoms with Crippen LogP contribution in [0.15, 0.2) is 71.8 Å². The number of ether oxygens (including phenoxy) is 1. The summed E-state index contributed by atoms with van der Waals surface area (Å²) in [6.45, 7) is 5.98. The predicted molar refractivity (Wildman–Crippen MR) is 144 cm³/mol. The van der Waals surface area contributed by atoms with Gasteiger partial charge in [0.25, 0.3) is 10.0 Å². The summed E-state index contributed by atoms with van der Waals surface area (Å²) in [5.74, 6) is -0.748. The lowest BCUT2D eigenvalue weighted by Gasteiger charge is -2.13. The number of benzene rings is 3. The number of carboxylic acids is 1. The Morgan fingerprint density at radius 1 is 0.946 bits per heavy atom. The van der Waals surface area contributed by atoms with E-state index in [9.17, 15) is 13.2 Å². The molecule has 1 aromatic heterocycles. The fourth-order valence-electron chi connectivity index (χ4n) is 4.90. The molecule has 0 radical (unpaired) electrons. The lowest BCUT2D eigenvalue weighted by atomic mass is 10.0. The zero-order valence-electron chi connectivity index (χ0n) is 21.0. The maximum Gasteiger partial charge on any atom is 0.341 e. The second-order valence-corrected chi connectivity index (χ2v) is 11.5. The van der Waals surface area contributed by atoms with Crippen molar-refractivity contribution in [1.82, 2.24) is 8.87 Å². The van der Waals surface area contributed by atoms with E-state index in [-0.39, 0.29) is 4.90 Å². The van der Waals surface area contributed by atoms with E-state index in [0.717, 1.165) is 48.0 Å². The van der Waals surface area contributed by atoms with Gasteiger partial charge in [0.1, 0.15) is 5.75 Å². The number of likely N-dealkylation sites (tertiary alicyclic amines) is 1. The predicted octanol–water partition coefficient (Wildman–Crippen LogP) is 5.22. The fraction of sp³-hybridized carbons (Fsp3) is 0.276. The van der Waals surface area contributed by atoms with Gasteiger partial charge in [-0.25, -0.2) is 17.2 Å². The third-order valence-electron chi connectivity index (χ3n) is 6.88. The van der Waals surface area contributed by atoms with E-state index in [1.165, 1.54) is 27.7 Å². The maximum atomic E-state index is 13.8. The van der Waals surface area contributed by atoms with Crippen molar-refractivity contribution >= 4 is 26.9 Å². The van der Waals surface area contributed by atoms with Gasteiger partial charge in [-0.05, 0) is 92.4 Å². The van der Waals surface area contributed by atoms with Crippen LogP contribution in [0, 0.1) is 13.8 Å². The molecule has 1 aliphatic heterocycles. The zero-order valence-corrected chi connectivity index (χ0v) is 21.8. The highest BCUT2D eigenvalue weighted by atomic mass is 32.2. The lowest BCUT2D eigenvalue weighted by molar-refractivity contribution is -0.139. The van der Waals surface area contributed by atoms with Crippen LogP contribution < -0.4 is 4.74 Å². The van der Waals surface area contributed by atoms with Crippen molar-refractivity contribution in [1.29, 1.82) is 0 Å². The molecule has 37 heavy (non-hydrogen) atoms. The Morgan fingerprint density at radius 2 is 1.65 bits per heavy atom. The number of nitrogens with zero attached hydrogens (tertiary/aromatic N) is 2. The first-order chi connectivity index (χ1) is 17.7. The first kappa shape index (κ1) is 25.0. The Balaban J connectivity index is 1.58. The van der Waals surface area contributed by atoms with Gasteiger partial charge >= 0.3 is 5.97 Å². The van der Waals surface area contributed by atoms with Gasteiger partial charge in [-0.3, -0.25) is 4.90 Å². The minimum Gasteiger partial charge on any atom is -0.482 e. The quantitative estimate of drug-likeness (QED) is 0.344. The average Bonchev–Trinajstić information content (AvgIpc) is 3.52. The standard InChI is InChI=1S/C29H30N2O5S/c1-20-5-7-22(8-6-20)23-9-11-27-26(16-23)24(17-30-13-3-4-14-30)18-31(27)37(34,35)25-10-12-28(21(2)15-25)36-19-29(32)33/h5-12,15-16,18H,3-4,13-14,17,19H2,1-2H3,(H,32,33). The summed E-state index contributed by atoms with van der Waals surface area (Å²) in [6.07, 6.45) is 4.06. The van der Waals surface area contributed by atoms with Crippen molar-refractivity contribution in [2.24, 2.45) is 0 Å². The summed E-state index contributed by atoms with van der Waals surface area (Å²) in [4.78, 5) is 13.3. The Hall–Kier alpha value is -3.62. The Labute approximate surface area is 217 Å². The van der Waals surface area contributed by atoms with Crippen molar-refractivity contribution in [2.45, 2.75) is 38.1 Å². The molecule has 2 heterocycles. The molecule has 7 nitrogen and oxygen atoms in total. The van der Waals surface area contributed by atoms with E-state index < -0.39 is 22.6 Å². The van der Waals surface area contributed by atoms with Crippen molar-refractivity contribution < 1.29 is 23.1 Å². The number of carbonyl (C=O) groups is 1. The van der Waals surface area contributed by atoms with E-state index in [1.807, 2.05) is 12.1 Å². The van der Waals surface area contributed by atoms with Crippen molar-refractivity contribution in [3.8, 4) is 16.9 Å². The molecule has 1 N–H and O–H groups in total. The summed E-state index contributed by atoms with van der Waals surface area (Å²) < 4.78 is 34.3. The Morgan fingerprint density at radius 3 is 2.32 bits per heavy atom. The molecule has 0 bridgehead atoms. The molecule has 0 unspecified atom stereocenters. The molecule has 1 aliphatic rings. The largest absolute Gasteiger partial charge is 0.482 e. The zero-order chi connectivity index (χ0) is 26.2. The number of hydrogen-bond acceptors (Lipinski definition) is 5. The highest BCUT2D eigenvalue weighted by molar-refractivity contribution is 7.90. The van der Waals surface area contributed by atoms with Gasteiger partial charge in [0, 0.05) is 18.1 Å². The van der Waals surface area contributed by atoms with E-state index in [1.54, 1.807) is 13.1 Å². The molecule has 0 atom stereocenters. The van der Waals surface area contributed by atoms with E-state index in [0.29, 0.717) is 23.4 Å². The van der Waals surface area contributed by atoms with Crippen LogP contribution in [0.5, 0.6) is 5.75 Å². The number of carboxylic acid groups (broad SMARTS) is 1. The van der Waals surface area contributed by atoms with Crippen molar-refractivity contribution in [3.63, 3.8) is 0 Å². The summed E-state index contributed by atoms with van der Waals surface area (Å²) in [5, 5.41) is 9.80. The number of rotatable bonds is 8. The third-order valence-corrected chi connectivity index (χ3v) is 8.55. The molecule has 0 spiro atoms. The smallest absolute Gasteiger partial charge is 0.341 e. The maximum absolute atomic E-state index is 13.8. The molecule has 1 saturated heterocycles. The van der Waals surface area contributed by atoms with Crippen LogP contribution in [-0.2, 0) is 21.4 Å². The van der Waals surface area contributed by atoms with Crippen LogP contribution in [0.25, 0.3) is 22.0 Å². The number of fused-ring (bicyclic) bond motifs is 1. The molecule has 1 fully saturated rings. The van der Waals surface area contributed by atoms with Gasteiger partial charge in [-0.2, -0.15) is 0 Å². The number of aromatic nitrogens is 1. The Bertz CT molecular complexity index is 1570. The van der Waals surface area contributed by atoms with Crippen LogP contribution in [0.3, 0.4) is 0 Å². The molecule has 192 valence electrons. The van der Waals surface area contributed by atoms with Crippen LogP contribution >= 0.6 is 0 Å². The number of aryl methyl sites for hydroxylation is 2. The molecule has 0 amide bonds.